The van der Waals surface area contributed by atoms with Crippen molar-refractivity contribution in [2.45, 2.75) is 51.8 Å². The number of fused-ring (bicyclic) bond motifs is 1. The molecule has 0 aliphatic carbocycles. The van der Waals surface area contributed by atoms with Crippen molar-refractivity contribution >= 4 is 26.9 Å². The number of carbonyl (C=O) groups excluding carboxylic acids is 1. The summed E-state index contributed by atoms with van der Waals surface area (Å²) in [6.45, 7) is 6.45. The number of benzene rings is 2. The van der Waals surface area contributed by atoms with E-state index in [1.807, 2.05) is 0 Å². The average molecular weight is 502 g/mol. The van der Waals surface area contributed by atoms with Gasteiger partial charge in [0.25, 0.3) is 0 Å². The number of ether oxygens (including phenoxy) is 2. The normalized spacial score (nSPS) is 13.8. The predicted octanol–water partition coefficient (Wildman–Crippen LogP) is 5.21. The molecule has 0 radical (unpaired) electrons. The number of carbonyl (C=O) groups is 1. The molecule has 1 atom stereocenters. The molecule has 2 aromatic rings. The highest BCUT2D eigenvalue weighted by Crippen LogP contribution is 2.44. The van der Waals surface area contributed by atoms with Gasteiger partial charge >= 0.3 is 21.6 Å². The van der Waals surface area contributed by atoms with E-state index < -0.39 is 78.4 Å². The van der Waals surface area contributed by atoms with E-state index in [2.05, 4.69) is 4.18 Å². The molecule has 0 fully saturated rings. The van der Waals surface area contributed by atoms with Crippen LogP contribution < -0.4 is 4.18 Å². The summed E-state index contributed by atoms with van der Waals surface area (Å²) >= 11 is 0. The molecule has 0 saturated heterocycles. The molecule has 2 rings (SSSR count). The van der Waals surface area contributed by atoms with Crippen LogP contribution in [0, 0.1) is 24.4 Å². The van der Waals surface area contributed by atoms with Crippen LogP contribution in [0.2, 0.25) is 0 Å². The van der Waals surface area contributed by atoms with Crippen molar-refractivity contribution in [3.63, 3.8) is 0 Å². The van der Waals surface area contributed by atoms with Crippen LogP contribution in [0.25, 0.3) is 10.8 Å². The fourth-order valence-corrected chi connectivity index (χ4v) is 3.45. The van der Waals surface area contributed by atoms with Gasteiger partial charge in [0.2, 0.25) is 0 Å². The predicted molar refractivity (Wildman–Crippen MR) is 104 cm³/mol. The molecule has 0 aromatic heterocycles. The minimum atomic E-state index is -6.41. The quantitative estimate of drug-likeness (QED) is 0.234. The first-order valence-electron chi connectivity index (χ1n) is 9.37. The third kappa shape index (κ3) is 5.52. The molecule has 2 aromatic carbocycles. The summed E-state index contributed by atoms with van der Waals surface area (Å²) in [5.74, 6) is -6.83. The second-order valence-electron chi connectivity index (χ2n) is 7.84. The van der Waals surface area contributed by atoms with Crippen LogP contribution in [0.4, 0.5) is 26.3 Å². The first-order chi connectivity index (χ1) is 14.9. The summed E-state index contributed by atoms with van der Waals surface area (Å²) in [5, 5.41) is -2.03. The molecule has 13 heteroatoms. The highest BCUT2D eigenvalue weighted by atomic mass is 32.2. The number of hydrogen-bond acceptors (Lipinski definition) is 6. The Morgan fingerprint density at radius 2 is 1.67 bits per heavy atom. The Balaban J connectivity index is 3.06. The van der Waals surface area contributed by atoms with Gasteiger partial charge in [0.05, 0.1) is 17.6 Å². The van der Waals surface area contributed by atoms with Gasteiger partial charge in [0.15, 0.2) is 11.9 Å². The summed E-state index contributed by atoms with van der Waals surface area (Å²) < 4.78 is 121. The molecular formula is C20H20F6O6S. The Morgan fingerprint density at radius 1 is 1.09 bits per heavy atom. The lowest BCUT2D eigenvalue weighted by Crippen LogP contribution is -2.32. The van der Waals surface area contributed by atoms with Crippen LogP contribution in [0.5, 0.6) is 5.75 Å². The maximum atomic E-state index is 15.1. The van der Waals surface area contributed by atoms with Crippen molar-refractivity contribution in [3.8, 4) is 5.75 Å². The lowest BCUT2D eigenvalue weighted by atomic mass is 9.94. The molecule has 0 heterocycles. The topological polar surface area (TPSA) is 78.9 Å². The molecule has 0 amide bonds. The zero-order valence-corrected chi connectivity index (χ0v) is 18.9. The molecule has 0 N–H and O–H groups in total. The van der Waals surface area contributed by atoms with E-state index in [9.17, 15) is 35.2 Å². The molecule has 0 spiro atoms. The number of alkyl halides is 3. The zero-order chi connectivity index (χ0) is 25.5. The standard InChI is InChI=1S/C20H20F6O6S/c1-6-30-18(27)17(31-19(3,4)5)13-9(2)15(23)14-11(7-10(21)8-12(14)22)16(13)32-33(28,29)20(24,25)26/h7-8,17H,6H2,1-5H3/t17-/m0/s1. The molecule has 0 bridgehead atoms. The van der Waals surface area contributed by atoms with Crippen LogP contribution in [-0.4, -0.2) is 32.1 Å². The lowest BCUT2D eigenvalue weighted by molar-refractivity contribution is -0.167. The van der Waals surface area contributed by atoms with Crippen molar-refractivity contribution in [2.24, 2.45) is 0 Å². The van der Waals surface area contributed by atoms with Gasteiger partial charge in [0.1, 0.15) is 17.5 Å². The van der Waals surface area contributed by atoms with E-state index >= 15 is 4.39 Å². The third-order valence-electron chi connectivity index (χ3n) is 4.21. The highest BCUT2D eigenvalue weighted by molar-refractivity contribution is 7.88. The van der Waals surface area contributed by atoms with Gasteiger partial charge in [-0.25, -0.2) is 18.0 Å². The molecular weight excluding hydrogens is 482 g/mol. The number of hydrogen-bond donors (Lipinski definition) is 0. The van der Waals surface area contributed by atoms with Crippen LogP contribution >= 0.6 is 0 Å². The van der Waals surface area contributed by atoms with E-state index in [0.29, 0.717) is 6.07 Å². The van der Waals surface area contributed by atoms with Gasteiger partial charge in [-0.15, -0.1) is 0 Å². The monoisotopic (exact) mass is 502 g/mol. The van der Waals surface area contributed by atoms with Gasteiger partial charge in [-0.1, -0.05) is 0 Å². The Hall–Kier alpha value is -2.54. The molecule has 0 unspecified atom stereocenters. The number of esters is 1. The van der Waals surface area contributed by atoms with Crippen LogP contribution in [-0.2, 0) is 24.4 Å². The van der Waals surface area contributed by atoms with E-state index in [-0.39, 0.29) is 12.7 Å². The molecule has 0 aliphatic heterocycles. The second-order valence-corrected chi connectivity index (χ2v) is 9.38. The second kappa shape index (κ2) is 9.01. The van der Waals surface area contributed by atoms with Crippen LogP contribution in [0.15, 0.2) is 12.1 Å². The molecule has 33 heavy (non-hydrogen) atoms. The maximum Gasteiger partial charge on any atom is 0.534 e. The molecule has 6 nitrogen and oxygen atoms in total. The maximum absolute atomic E-state index is 15.1. The Bertz CT molecular complexity index is 1180. The Kier molecular flexibility index (Phi) is 7.29. The van der Waals surface area contributed by atoms with Gasteiger partial charge in [-0.2, -0.15) is 21.6 Å². The van der Waals surface area contributed by atoms with Gasteiger partial charge in [-0.3, -0.25) is 0 Å². The average Bonchev–Trinajstić information content (AvgIpc) is 2.62. The van der Waals surface area contributed by atoms with Crippen molar-refractivity contribution in [1.29, 1.82) is 0 Å². The fraction of sp³-hybridized carbons (Fsp3) is 0.450. The zero-order valence-electron chi connectivity index (χ0n) is 18.1. The van der Waals surface area contributed by atoms with E-state index in [4.69, 9.17) is 9.47 Å². The SMILES string of the molecule is CCOC(=O)[C@@H](OC(C)(C)C)c1c(C)c(F)c2c(F)cc(F)cc2c1OS(=O)(=O)C(F)(F)F. The van der Waals surface area contributed by atoms with Crippen molar-refractivity contribution in [3.05, 3.63) is 40.7 Å². The minimum absolute atomic E-state index is 0.224. The largest absolute Gasteiger partial charge is 0.534 e. The van der Waals surface area contributed by atoms with Gasteiger partial charge in [0, 0.05) is 17.0 Å². The Labute approximate surface area is 185 Å². The number of rotatable bonds is 6. The summed E-state index contributed by atoms with van der Waals surface area (Å²) in [7, 11) is -6.41. The molecule has 0 aliphatic rings. The van der Waals surface area contributed by atoms with Crippen molar-refractivity contribution in [1.82, 2.24) is 0 Å². The van der Waals surface area contributed by atoms with E-state index in [0.717, 1.165) is 6.92 Å². The van der Waals surface area contributed by atoms with Gasteiger partial charge < -0.3 is 13.7 Å². The fourth-order valence-electron chi connectivity index (χ4n) is 2.96. The smallest absolute Gasteiger partial charge is 0.464 e. The number of halogens is 6. The highest BCUT2D eigenvalue weighted by Gasteiger charge is 2.50. The Morgan fingerprint density at radius 3 is 2.15 bits per heavy atom. The summed E-state index contributed by atoms with van der Waals surface area (Å²) in [6, 6.07) is 0.631. The van der Waals surface area contributed by atoms with Crippen LogP contribution in [0.1, 0.15) is 44.9 Å². The molecule has 0 saturated carbocycles. The van der Waals surface area contributed by atoms with Crippen molar-refractivity contribution in [2.75, 3.05) is 6.61 Å². The van der Waals surface area contributed by atoms with Gasteiger partial charge in [-0.05, 0) is 46.2 Å². The van der Waals surface area contributed by atoms with E-state index in [1.165, 1.54) is 27.7 Å². The summed E-state index contributed by atoms with van der Waals surface area (Å²) in [6.07, 6.45) is -2.01. The van der Waals surface area contributed by atoms with Crippen LogP contribution in [0.3, 0.4) is 0 Å². The first-order valence-corrected chi connectivity index (χ1v) is 10.8. The van der Waals surface area contributed by atoms with Crippen molar-refractivity contribution < 1.29 is 53.2 Å². The summed E-state index contributed by atoms with van der Waals surface area (Å²) in [4.78, 5) is 12.6. The minimum Gasteiger partial charge on any atom is -0.464 e. The molecule has 184 valence electrons. The summed E-state index contributed by atoms with van der Waals surface area (Å²) in [5.41, 5.74) is -8.63. The third-order valence-corrected chi connectivity index (χ3v) is 5.16. The van der Waals surface area contributed by atoms with E-state index in [1.54, 1.807) is 0 Å². The first kappa shape index (κ1) is 26.7. The lowest BCUT2D eigenvalue weighted by Gasteiger charge is -2.29.